The Hall–Kier alpha value is -0.550. The Morgan fingerprint density at radius 1 is 1.28 bits per heavy atom. The average molecular weight is 250 g/mol. The third-order valence-corrected chi connectivity index (χ3v) is 4.43. The number of nitrogens with zero attached hydrogens (tertiary/aromatic N) is 2. The standard InChI is InChI=1S/C16H30N2/c1-12(2)11-18(6)15-9-14(16(3,4)5)8-7-13(15)10-17/h12-15H,7-9,11H2,1-6H3. The van der Waals surface area contributed by atoms with Crippen LogP contribution in [-0.4, -0.2) is 24.5 Å². The topological polar surface area (TPSA) is 27.0 Å². The fraction of sp³-hybridized carbons (Fsp3) is 0.938. The van der Waals surface area contributed by atoms with Gasteiger partial charge in [-0.05, 0) is 43.6 Å². The summed E-state index contributed by atoms with van der Waals surface area (Å²) in [5.74, 6) is 1.65. The molecule has 3 unspecified atom stereocenters. The maximum Gasteiger partial charge on any atom is 0.0672 e. The van der Waals surface area contributed by atoms with E-state index in [2.05, 4.69) is 52.6 Å². The first-order valence-electron chi connectivity index (χ1n) is 7.35. The van der Waals surface area contributed by atoms with Crippen LogP contribution in [-0.2, 0) is 0 Å². The highest BCUT2D eigenvalue weighted by Gasteiger charge is 2.37. The SMILES string of the molecule is CC(C)CN(C)C1CC(C(C)(C)C)CCC1C#N. The molecule has 0 aromatic carbocycles. The minimum atomic E-state index is 0.229. The van der Waals surface area contributed by atoms with Gasteiger partial charge >= 0.3 is 0 Å². The van der Waals surface area contributed by atoms with Crippen molar-refractivity contribution in [3.05, 3.63) is 0 Å². The molecule has 0 saturated heterocycles. The predicted octanol–water partition coefficient (Wildman–Crippen LogP) is 3.93. The Balaban J connectivity index is 2.74. The molecule has 0 bridgehead atoms. The zero-order valence-electron chi connectivity index (χ0n) is 13.0. The quantitative estimate of drug-likeness (QED) is 0.759. The summed E-state index contributed by atoms with van der Waals surface area (Å²) in [6, 6.07) is 2.99. The van der Waals surface area contributed by atoms with E-state index in [4.69, 9.17) is 0 Å². The minimum Gasteiger partial charge on any atom is -0.302 e. The smallest absolute Gasteiger partial charge is 0.0672 e. The Labute approximate surface area is 113 Å². The van der Waals surface area contributed by atoms with E-state index in [9.17, 15) is 5.26 Å². The third kappa shape index (κ3) is 3.99. The molecule has 0 heterocycles. The van der Waals surface area contributed by atoms with E-state index in [1.807, 2.05) is 0 Å². The summed E-state index contributed by atoms with van der Waals surface area (Å²) in [5, 5.41) is 9.36. The second-order valence-corrected chi connectivity index (χ2v) is 7.51. The normalized spacial score (nSPS) is 29.6. The van der Waals surface area contributed by atoms with Gasteiger partial charge in [0.05, 0.1) is 12.0 Å². The van der Waals surface area contributed by atoms with Crippen LogP contribution in [0.2, 0.25) is 0 Å². The van der Waals surface area contributed by atoms with Crippen LogP contribution >= 0.6 is 0 Å². The van der Waals surface area contributed by atoms with E-state index in [0.717, 1.165) is 18.9 Å². The number of rotatable bonds is 3. The van der Waals surface area contributed by atoms with Gasteiger partial charge in [-0.1, -0.05) is 34.6 Å². The molecule has 1 saturated carbocycles. The van der Waals surface area contributed by atoms with E-state index in [-0.39, 0.29) is 5.92 Å². The predicted molar refractivity (Wildman–Crippen MR) is 77.2 cm³/mol. The van der Waals surface area contributed by atoms with Gasteiger partial charge in [0.25, 0.3) is 0 Å². The zero-order valence-corrected chi connectivity index (χ0v) is 13.0. The molecule has 1 fully saturated rings. The van der Waals surface area contributed by atoms with E-state index in [1.54, 1.807) is 0 Å². The van der Waals surface area contributed by atoms with E-state index in [0.29, 0.717) is 17.4 Å². The van der Waals surface area contributed by atoms with Gasteiger partial charge in [0, 0.05) is 12.6 Å². The highest BCUT2D eigenvalue weighted by Crippen LogP contribution is 2.41. The molecular weight excluding hydrogens is 220 g/mol. The van der Waals surface area contributed by atoms with Crippen LogP contribution in [0.1, 0.15) is 53.9 Å². The lowest BCUT2D eigenvalue weighted by molar-refractivity contribution is 0.0693. The Kier molecular flexibility index (Phi) is 5.22. The van der Waals surface area contributed by atoms with Crippen molar-refractivity contribution in [1.29, 1.82) is 5.26 Å². The van der Waals surface area contributed by atoms with Crippen molar-refractivity contribution >= 4 is 0 Å². The van der Waals surface area contributed by atoms with Gasteiger partial charge in [-0.3, -0.25) is 0 Å². The summed E-state index contributed by atoms with van der Waals surface area (Å²) in [4.78, 5) is 2.43. The van der Waals surface area contributed by atoms with Gasteiger partial charge in [-0.25, -0.2) is 0 Å². The molecule has 1 rings (SSSR count). The summed E-state index contributed by atoms with van der Waals surface area (Å²) in [5.41, 5.74) is 0.372. The summed E-state index contributed by atoms with van der Waals surface area (Å²) in [7, 11) is 2.19. The van der Waals surface area contributed by atoms with Crippen LogP contribution in [0.3, 0.4) is 0 Å². The van der Waals surface area contributed by atoms with Crippen molar-refractivity contribution in [2.75, 3.05) is 13.6 Å². The van der Waals surface area contributed by atoms with Gasteiger partial charge in [0.2, 0.25) is 0 Å². The average Bonchev–Trinajstić information content (AvgIpc) is 2.26. The van der Waals surface area contributed by atoms with Gasteiger partial charge in [0.1, 0.15) is 0 Å². The third-order valence-electron chi connectivity index (χ3n) is 4.43. The second kappa shape index (κ2) is 6.06. The first-order valence-corrected chi connectivity index (χ1v) is 7.35. The van der Waals surface area contributed by atoms with Crippen molar-refractivity contribution in [2.45, 2.75) is 59.9 Å². The molecule has 0 aliphatic heterocycles. The summed E-state index contributed by atoms with van der Waals surface area (Å²) in [6.07, 6.45) is 3.48. The lowest BCUT2D eigenvalue weighted by Gasteiger charge is -2.43. The molecule has 0 amide bonds. The maximum absolute atomic E-state index is 9.36. The molecule has 0 radical (unpaired) electrons. The fourth-order valence-corrected chi connectivity index (χ4v) is 3.28. The Morgan fingerprint density at radius 3 is 2.33 bits per heavy atom. The van der Waals surface area contributed by atoms with Gasteiger partial charge in [0.15, 0.2) is 0 Å². The molecular formula is C16H30N2. The maximum atomic E-state index is 9.36. The molecule has 1 aliphatic rings. The van der Waals surface area contributed by atoms with Crippen LogP contribution in [0.5, 0.6) is 0 Å². The van der Waals surface area contributed by atoms with Crippen LogP contribution in [0.4, 0.5) is 0 Å². The summed E-state index contributed by atoms with van der Waals surface area (Å²) < 4.78 is 0. The van der Waals surface area contributed by atoms with Crippen LogP contribution in [0.15, 0.2) is 0 Å². The van der Waals surface area contributed by atoms with E-state index < -0.39 is 0 Å². The molecule has 2 heteroatoms. The lowest BCUT2D eigenvalue weighted by atomic mass is 9.68. The molecule has 0 aromatic heterocycles. The largest absolute Gasteiger partial charge is 0.302 e. The fourth-order valence-electron chi connectivity index (χ4n) is 3.28. The molecule has 0 spiro atoms. The highest BCUT2D eigenvalue weighted by atomic mass is 15.1. The van der Waals surface area contributed by atoms with Crippen molar-refractivity contribution in [2.24, 2.45) is 23.2 Å². The van der Waals surface area contributed by atoms with Crippen LogP contribution in [0.25, 0.3) is 0 Å². The van der Waals surface area contributed by atoms with Crippen molar-refractivity contribution in [3.8, 4) is 6.07 Å². The highest BCUT2D eigenvalue weighted by molar-refractivity contribution is 4.98. The molecule has 104 valence electrons. The minimum absolute atomic E-state index is 0.229. The van der Waals surface area contributed by atoms with Gasteiger partial charge in [-0.2, -0.15) is 5.26 Å². The van der Waals surface area contributed by atoms with Crippen molar-refractivity contribution < 1.29 is 0 Å². The zero-order chi connectivity index (χ0) is 13.9. The second-order valence-electron chi connectivity index (χ2n) is 7.51. The Morgan fingerprint density at radius 2 is 1.89 bits per heavy atom. The van der Waals surface area contributed by atoms with E-state index in [1.165, 1.54) is 12.8 Å². The monoisotopic (exact) mass is 250 g/mol. The molecule has 18 heavy (non-hydrogen) atoms. The number of hydrogen-bond donors (Lipinski definition) is 0. The van der Waals surface area contributed by atoms with Crippen molar-refractivity contribution in [1.82, 2.24) is 4.90 Å². The molecule has 0 aromatic rings. The molecule has 1 aliphatic carbocycles. The first-order chi connectivity index (χ1) is 8.25. The van der Waals surface area contributed by atoms with Crippen molar-refractivity contribution in [3.63, 3.8) is 0 Å². The first kappa shape index (κ1) is 15.5. The molecule has 2 nitrogen and oxygen atoms in total. The molecule has 3 atom stereocenters. The van der Waals surface area contributed by atoms with Crippen LogP contribution < -0.4 is 0 Å². The summed E-state index contributed by atoms with van der Waals surface area (Å²) in [6.45, 7) is 12.6. The number of hydrogen-bond acceptors (Lipinski definition) is 2. The Bertz CT molecular complexity index is 295. The number of nitriles is 1. The van der Waals surface area contributed by atoms with Gasteiger partial charge < -0.3 is 4.90 Å². The summed E-state index contributed by atoms with van der Waals surface area (Å²) >= 11 is 0. The van der Waals surface area contributed by atoms with Crippen LogP contribution in [0, 0.1) is 34.5 Å². The lowest BCUT2D eigenvalue weighted by Crippen LogP contribution is -2.45. The molecule has 0 N–H and O–H groups in total. The van der Waals surface area contributed by atoms with Gasteiger partial charge in [-0.15, -0.1) is 0 Å². The van der Waals surface area contributed by atoms with E-state index >= 15 is 0 Å².